The summed E-state index contributed by atoms with van der Waals surface area (Å²) in [7, 11) is 3.57. The maximum Gasteiger partial charge on any atom is 0.295 e. The first-order valence-electron chi connectivity index (χ1n) is 6.28. The zero-order chi connectivity index (χ0) is 13.8. The lowest BCUT2D eigenvalue weighted by Crippen LogP contribution is -2.49. The molecule has 2 rings (SSSR count). The van der Waals surface area contributed by atoms with Crippen LogP contribution in [0, 0.1) is 0 Å². The molecule has 0 aromatic heterocycles. The van der Waals surface area contributed by atoms with Gasteiger partial charge in [0.1, 0.15) is 5.75 Å². The molecule has 0 atom stereocenters. The number of benzene rings is 1. The van der Waals surface area contributed by atoms with Gasteiger partial charge in [0.2, 0.25) is 5.78 Å². The Hall–Kier alpha value is -1.88. The van der Waals surface area contributed by atoms with Gasteiger partial charge in [-0.3, -0.25) is 9.59 Å². The summed E-state index contributed by atoms with van der Waals surface area (Å²) in [4.78, 5) is 27.9. The monoisotopic (exact) mass is 262 g/mol. The van der Waals surface area contributed by atoms with E-state index in [0.29, 0.717) is 24.4 Å². The van der Waals surface area contributed by atoms with E-state index in [-0.39, 0.29) is 0 Å². The molecule has 102 valence electrons. The lowest BCUT2D eigenvalue weighted by Gasteiger charge is -2.31. The Morgan fingerprint density at radius 2 is 1.63 bits per heavy atom. The summed E-state index contributed by atoms with van der Waals surface area (Å²) in [5, 5.41) is 0. The van der Waals surface area contributed by atoms with Crippen molar-refractivity contribution in [2.75, 3.05) is 40.3 Å². The van der Waals surface area contributed by atoms with Crippen LogP contribution in [0.15, 0.2) is 24.3 Å². The largest absolute Gasteiger partial charge is 0.497 e. The Morgan fingerprint density at radius 1 is 1.05 bits per heavy atom. The second kappa shape index (κ2) is 5.84. The third kappa shape index (κ3) is 3.12. The molecule has 0 spiro atoms. The van der Waals surface area contributed by atoms with Gasteiger partial charge in [0.05, 0.1) is 7.11 Å². The predicted molar refractivity (Wildman–Crippen MR) is 71.4 cm³/mol. The molecule has 1 aromatic carbocycles. The van der Waals surface area contributed by atoms with E-state index in [2.05, 4.69) is 4.90 Å². The van der Waals surface area contributed by atoms with E-state index in [0.717, 1.165) is 13.1 Å². The Morgan fingerprint density at radius 3 is 2.16 bits per heavy atom. The molecule has 19 heavy (non-hydrogen) atoms. The highest BCUT2D eigenvalue weighted by molar-refractivity contribution is 6.42. The number of hydrogen-bond donors (Lipinski definition) is 0. The highest BCUT2D eigenvalue weighted by atomic mass is 16.5. The summed E-state index contributed by atoms with van der Waals surface area (Å²) in [5.41, 5.74) is 0.407. The number of methoxy groups -OCH3 is 1. The lowest BCUT2D eigenvalue weighted by atomic mass is 10.1. The molecule has 1 aliphatic rings. The Kier molecular flexibility index (Phi) is 4.16. The van der Waals surface area contributed by atoms with E-state index in [1.807, 2.05) is 7.05 Å². The second-order valence-electron chi connectivity index (χ2n) is 4.65. The van der Waals surface area contributed by atoms with Crippen LogP contribution in [-0.4, -0.2) is 61.8 Å². The number of nitrogens with zero attached hydrogens (tertiary/aromatic N) is 2. The first-order valence-corrected chi connectivity index (χ1v) is 6.28. The van der Waals surface area contributed by atoms with Gasteiger partial charge in [-0.05, 0) is 31.3 Å². The van der Waals surface area contributed by atoms with E-state index in [9.17, 15) is 9.59 Å². The summed E-state index contributed by atoms with van der Waals surface area (Å²) in [6.07, 6.45) is 0. The van der Waals surface area contributed by atoms with Crippen molar-refractivity contribution in [1.29, 1.82) is 0 Å². The molecular weight excluding hydrogens is 244 g/mol. The molecule has 1 aromatic rings. The van der Waals surface area contributed by atoms with Gasteiger partial charge in [-0.1, -0.05) is 0 Å². The number of ether oxygens (including phenoxy) is 1. The molecule has 1 heterocycles. The van der Waals surface area contributed by atoms with Gasteiger partial charge in [-0.2, -0.15) is 0 Å². The fourth-order valence-electron chi connectivity index (χ4n) is 2.02. The number of carbonyl (C=O) groups is 2. The van der Waals surface area contributed by atoms with Gasteiger partial charge in [0, 0.05) is 31.7 Å². The molecule has 0 aliphatic carbocycles. The number of Topliss-reactive ketones (excluding diaryl/α,β-unsaturated/α-hetero) is 1. The maximum absolute atomic E-state index is 12.1. The molecule has 1 fully saturated rings. The predicted octanol–water partition coefficient (Wildman–Crippen LogP) is 0.652. The molecule has 0 N–H and O–H groups in total. The topological polar surface area (TPSA) is 49.9 Å². The van der Waals surface area contributed by atoms with Crippen LogP contribution in [0.25, 0.3) is 0 Å². The zero-order valence-corrected chi connectivity index (χ0v) is 11.3. The van der Waals surface area contributed by atoms with Crippen molar-refractivity contribution in [3.63, 3.8) is 0 Å². The summed E-state index contributed by atoms with van der Waals surface area (Å²) >= 11 is 0. The number of likely N-dealkylation sites (N-methyl/N-ethyl adjacent to an activating group) is 1. The first kappa shape index (κ1) is 13.5. The van der Waals surface area contributed by atoms with Crippen LogP contribution in [0.3, 0.4) is 0 Å². The van der Waals surface area contributed by atoms with E-state index in [1.54, 1.807) is 36.3 Å². The van der Waals surface area contributed by atoms with Crippen LogP contribution in [0.5, 0.6) is 5.75 Å². The molecule has 5 heteroatoms. The van der Waals surface area contributed by atoms with Crippen molar-refractivity contribution in [3.8, 4) is 5.75 Å². The fraction of sp³-hybridized carbons (Fsp3) is 0.429. The normalized spacial score (nSPS) is 16.2. The average Bonchev–Trinajstić information content (AvgIpc) is 2.46. The minimum atomic E-state index is -0.452. The number of carbonyl (C=O) groups excluding carboxylic acids is 2. The van der Waals surface area contributed by atoms with E-state index < -0.39 is 11.7 Å². The molecule has 1 aliphatic heterocycles. The van der Waals surface area contributed by atoms with Gasteiger partial charge >= 0.3 is 0 Å². The van der Waals surface area contributed by atoms with Crippen LogP contribution < -0.4 is 4.74 Å². The third-order valence-electron chi connectivity index (χ3n) is 3.34. The van der Waals surface area contributed by atoms with Gasteiger partial charge in [-0.15, -0.1) is 0 Å². The van der Waals surface area contributed by atoms with Crippen LogP contribution in [0.2, 0.25) is 0 Å². The van der Waals surface area contributed by atoms with Gasteiger partial charge in [0.25, 0.3) is 5.91 Å². The highest BCUT2D eigenvalue weighted by Crippen LogP contribution is 2.13. The maximum atomic E-state index is 12.1. The second-order valence-corrected chi connectivity index (χ2v) is 4.65. The minimum Gasteiger partial charge on any atom is -0.497 e. The third-order valence-corrected chi connectivity index (χ3v) is 3.34. The van der Waals surface area contributed by atoms with Crippen LogP contribution in [-0.2, 0) is 4.79 Å². The van der Waals surface area contributed by atoms with Crippen molar-refractivity contribution >= 4 is 11.7 Å². The molecule has 0 unspecified atom stereocenters. The van der Waals surface area contributed by atoms with Crippen LogP contribution in [0.4, 0.5) is 0 Å². The smallest absolute Gasteiger partial charge is 0.295 e. The van der Waals surface area contributed by atoms with Gasteiger partial charge < -0.3 is 14.5 Å². The molecule has 1 saturated heterocycles. The van der Waals surface area contributed by atoms with Gasteiger partial charge in [-0.25, -0.2) is 0 Å². The number of ketones is 1. The summed E-state index contributed by atoms with van der Waals surface area (Å²) in [6.45, 7) is 2.83. The van der Waals surface area contributed by atoms with E-state index in [1.165, 1.54) is 0 Å². The Bertz CT molecular complexity index is 462. The number of hydrogen-bond acceptors (Lipinski definition) is 4. The highest BCUT2D eigenvalue weighted by Gasteiger charge is 2.25. The van der Waals surface area contributed by atoms with Crippen molar-refractivity contribution in [2.45, 2.75) is 0 Å². The zero-order valence-electron chi connectivity index (χ0n) is 11.3. The standard InChI is InChI=1S/C14H18N2O3/c1-15-7-9-16(10-8-15)14(18)13(17)11-3-5-12(19-2)6-4-11/h3-6H,7-10H2,1-2H3. The Labute approximate surface area is 112 Å². The minimum absolute atomic E-state index is 0.407. The summed E-state index contributed by atoms with van der Waals surface area (Å²) in [5.74, 6) is -0.200. The molecular formula is C14H18N2O3. The van der Waals surface area contributed by atoms with Crippen molar-refractivity contribution in [3.05, 3.63) is 29.8 Å². The Balaban J connectivity index is 2.03. The van der Waals surface area contributed by atoms with Crippen LogP contribution in [0.1, 0.15) is 10.4 Å². The molecule has 0 saturated carbocycles. The first-order chi connectivity index (χ1) is 9.11. The van der Waals surface area contributed by atoms with Crippen molar-refractivity contribution in [2.24, 2.45) is 0 Å². The number of rotatable bonds is 3. The van der Waals surface area contributed by atoms with Crippen molar-refractivity contribution < 1.29 is 14.3 Å². The summed E-state index contributed by atoms with van der Waals surface area (Å²) in [6, 6.07) is 6.61. The number of amides is 1. The number of piperazine rings is 1. The van der Waals surface area contributed by atoms with E-state index in [4.69, 9.17) is 4.74 Å². The lowest BCUT2D eigenvalue weighted by molar-refractivity contribution is -0.127. The van der Waals surface area contributed by atoms with Crippen molar-refractivity contribution in [1.82, 2.24) is 9.80 Å². The van der Waals surface area contributed by atoms with Gasteiger partial charge in [0.15, 0.2) is 0 Å². The molecule has 0 bridgehead atoms. The molecule has 1 amide bonds. The quantitative estimate of drug-likeness (QED) is 0.593. The molecule has 0 radical (unpaired) electrons. The fourth-order valence-corrected chi connectivity index (χ4v) is 2.02. The SMILES string of the molecule is COc1ccc(C(=O)C(=O)N2CCN(C)CC2)cc1. The average molecular weight is 262 g/mol. The molecule has 5 nitrogen and oxygen atoms in total. The summed E-state index contributed by atoms with van der Waals surface area (Å²) < 4.78 is 5.03. The van der Waals surface area contributed by atoms with Crippen LogP contribution >= 0.6 is 0 Å². The van der Waals surface area contributed by atoms with E-state index >= 15 is 0 Å².